The Labute approximate surface area is 282 Å². The summed E-state index contributed by atoms with van der Waals surface area (Å²) in [6.07, 6.45) is -4.59. The van der Waals surface area contributed by atoms with Crippen LogP contribution in [0.1, 0.15) is 5.69 Å². The van der Waals surface area contributed by atoms with Crippen molar-refractivity contribution in [3.63, 3.8) is 0 Å². The molecule has 1 heterocycles. The minimum Gasteiger partial charge on any atom is -0.294 e. The Balaban J connectivity index is 1.46. The number of hydrogen-bond acceptors (Lipinski definition) is 2. The van der Waals surface area contributed by atoms with Crippen LogP contribution in [-0.2, 0) is 6.18 Å². The summed E-state index contributed by atoms with van der Waals surface area (Å²) < 4.78 is 42.0. The molecule has 0 unspecified atom stereocenters. The first-order valence-corrected chi connectivity index (χ1v) is 16.0. The molecule has 0 saturated heterocycles. The number of anilines is 3. The molecular weight excluding hydrogens is 613 g/mol. The van der Waals surface area contributed by atoms with Gasteiger partial charge in [-0.15, -0.1) is 0 Å². The lowest BCUT2D eigenvalue weighted by atomic mass is 9.87. The molecule has 5 heteroatoms. The molecule has 2 nitrogen and oxygen atoms in total. The third-order valence-electron chi connectivity index (χ3n) is 8.83. The second kappa shape index (κ2) is 12.4. The van der Waals surface area contributed by atoms with Crippen LogP contribution in [0.25, 0.3) is 54.9 Å². The fourth-order valence-electron chi connectivity index (χ4n) is 6.68. The highest BCUT2D eigenvalue weighted by atomic mass is 19.4. The van der Waals surface area contributed by atoms with Gasteiger partial charge in [-0.2, -0.15) is 13.2 Å². The summed E-state index contributed by atoms with van der Waals surface area (Å²) in [6, 6.07) is 57.2. The molecule has 0 spiro atoms. The van der Waals surface area contributed by atoms with Crippen LogP contribution in [0, 0.1) is 0 Å². The van der Waals surface area contributed by atoms with Gasteiger partial charge in [-0.25, -0.2) is 4.98 Å². The molecule has 1 aromatic heterocycles. The van der Waals surface area contributed by atoms with Gasteiger partial charge in [0.2, 0.25) is 0 Å². The zero-order valence-corrected chi connectivity index (χ0v) is 26.3. The predicted octanol–water partition coefficient (Wildman–Crippen LogP) is 12.9. The lowest BCUT2D eigenvalue weighted by Gasteiger charge is -2.29. The van der Waals surface area contributed by atoms with E-state index in [0.717, 1.165) is 66.7 Å². The quantitative estimate of drug-likeness (QED) is 0.168. The number of halogens is 3. The van der Waals surface area contributed by atoms with Gasteiger partial charge in [-0.05, 0) is 86.6 Å². The number of alkyl halides is 3. The second-order valence-electron chi connectivity index (χ2n) is 11.9. The molecule has 0 saturated carbocycles. The topological polar surface area (TPSA) is 16.1 Å². The van der Waals surface area contributed by atoms with Gasteiger partial charge >= 0.3 is 6.18 Å². The average molecular weight is 643 g/mol. The summed E-state index contributed by atoms with van der Waals surface area (Å²) in [4.78, 5) is 6.03. The number of nitrogens with zero attached hydrogens (tertiary/aromatic N) is 2. The van der Waals surface area contributed by atoms with E-state index in [2.05, 4.69) is 59.6 Å². The number of para-hydroxylation sites is 1. The van der Waals surface area contributed by atoms with Crippen molar-refractivity contribution >= 4 is 38.7 Å². The Morgan fingerprint density at radius 2 is 0.857 bits per heavy atom. The van der Waals surface area contributed by atoms with Crippen molar-refractivity contribution < 1.29 is 13.2 Å². The van der Waals surface area contributed by atoms with Gasteiger partial charge in [0.15, 0.2) is 0 Å². The molecule has 236 valence electrons. The van der Waals surface area contributed by atoms with Crippen molar-refractivity contribution in [1.29, 1.82) is 0 Å². The van der Waals surface area contributed by atoms with E-state index in [9.17, 15) is 13.2 Å². The van der Waals surface area contributed by atoms with E-state index in [1.165, 1.54) is 6.07 Å². The van der Waals surface area contributed by atoms with Gasteiger partial charge < -0.3 is 0 Å². The highest BCUT2D eigenvalue weighted by Gasteiger charge is 2.33. The van der Waals surface area contributed by atoms with Gasteiger partial charge in [0, 0.05) is 16.5 Å². The Bertz CT molecular complexity index is 2310. The number of pyridine rings is 1. The molecule has 0 N–H and O–H groups in total. The van der Waals surface area contributed by atoms with E-state index in [0.29, 0.717) is 5.69 Å². The van der Waals surface area contributed by atoms with Gasteiger partial charge in [0.1, 0.15) is 11.5 Å². The molecule has 0 atom stereocenters. The van der Waals surface area contributed by atoms with Crippen LogP contribution in [0.5, 0.6) is 0 Å². The molecule has 7 aromatic carbocycles. The SMILES string of the molecule is FC(F)(F)c1cccc(N(c2ccccc2)c2c3ccccc3c(-c3cc(-c4ccccc4)cc(-c4ccccc4)c3)c3ccccc23)n1. The number of hydrogen-bond donors (Lipinski definition) is 0. The number of fused-ring (bicyclic) bond motifs is 2. The highest BCUT2D eigenvalue weighted by molar-refractivity contribution is 6.22. The maximum Gasteiger partial charge on any atom is 0.433 e. The van der Waals surface area contributed by atoms with Crippen LogP contribution in [0.15, 0.2) is 176 Å². The maximum atomic E-state index is 14.0. The van der Waals surface area contributed by atoms with Crippen molar-refractivity contribution in [3.8, 4) is 33.4 Å². The van der Waals surface area contributed by atoms with Gasteiger partial charge in [0.25, 0.3) is 0 Å². The number of benzene rings is 7. The third kappa shape index (κ3) is 5.70. The molecule has 0 radical (unpaired) electrons. The highest BCUT2D eigenvalue weighted by Crippen LogP contribution is 2.48. The average Bonchev–Trinajstić information content (AvgIpc) is 3.15. The fourth-order valence-corrected chi connectivity index (χ4v) is 6.68. The van der Waals surface area contributed by atoms with Crippen LogP contribution in [0.3, 0.4) is 0 Å². The molecule has 0 aliphatic rings. The first-order valence-electron chi connectivity index (χ1n) is 16.0. The van der Waals surface area contributed by atoms with Crippen LogP contribution in [0.2, 0.25) is 0 Å². The fraction of sp³-hybridized carbons (Fsp3) is 0.0227. The molecule has 8 rings (SSSR count). The minimum atomic E-state index is -4.59. The van der Waals surface area contributed by atoms with Crippen LogP contribution < -0.4 is 4.90 Å². The first kappa shape index (κ1) is 30.2. The summed E-state index contributed by atoms with van der Waals surface area (Å²) in [7, 11) is 0. The smallest absolute Gasteiger partial charge is 0.294 e. The minimum absolute atomic E-state index is 0.182. The van der Waals surface area contributed by atoms with E-state index in [4.69, 9.17) is 0 Å². The standard InChI is InChI=1S/C44H29F3N2/c45-44(46,47)40-25-14-26-41(48-40)49(35-19-8-3-9-20-35)43-38-23-12-10-21-36(38)42(37-22-11-13-24-39(37)43)34-28-32(30-15-4-1-5-16-30)27-33(29-34)31-17-6-2-7-18-31/h1-29H. The Hall–Kier alpha value is -6.20. The Morgan fingerprint density at radius 3 is 1.37 bits per heavy atom. The Kier molecular flexibility index (Phi) is 7.65. The molecule has 8 aromatic rings. The molecule has 0 amide bonds. The Morgan fingerprint density at radius 1 is 0.408 bits per heavy atom. The molecule has 0 aliphatic carbocycles. The van der Waals surface area contributed by atoms with Crippen LogP contribution in [-0.4, -0.2) is 4.98 Å². The molecule has 0 aliphatic heterocycles. The van der Waals surface area contributed by atoms with Crippen LogP contribution in [0.4, 0.5) is 30.4 Å². The van der Waals surface area contributed by atoms with Gasteiger partial charge in [-0.1, -0.05) is 133 Å². The second-order valence-corrected chi connectivity index (χ2v) is 11.9. The summed E-state index contributed by atoms with van der Waals surface area (Å²) in [6.45, 7) is 0. The zero-order valence-electron chi connectivity index (χ0n) is 26.3. The lowest BCUT2D eigenvalue weighted by Crippen LogP contribution is -2.16. The van der Waals surface area contributed by atoms with E-state index in [1.807, 2.05) is 108 Å². The summed E-state index contributed by atoms with van der Waals surface area (Å²) >= 11 is 0. The van der Waals surface area contributed by atoms with E-state index < -0.39 is 11.9 Å². The monoisotopic (exact) mass is 642 g/mol. The molecule has 0 bridgehead atoms. The summed E-state index contributed by atoms with van der Waals surface area (Å²) in [5.74, 6) is 0.182. The molecule has 49 heavy (non-hydrogen) atoms. The van der Waals surface area contributed by atoms with Crippen LogP contribution >= 0.6 is 0 Å². The summed E-state index contributed by atoms with van der Waals surface area (Å²) in [5, 5.41) is 3.75. The maximum absolute atomic E-state index is 14.0. The molecule has 0 fully saturated rings. The normalized spacial score (nSPS) is 11.6. The van der Waals surface area contributed by atoms with E-state index in [1.54, 1.807) is 6.07 Å². The third-order valence-corrected chi connectivity index (χ3v) is 8.83. The lowest BCUT2D eigenvalue weighted by molar-refractivity contribution is -0.141. The largest absolute Gasteiger partial charge is 0.433 e. The zero-order chi connectivity index (χ0) is 33.4. The number of aromatic nitrogens is 1. The van der Waals surface area contributed by atoms with Crippen molar-refractivity contribution in [2.75, 3.05) is 4.90 Å². The summed E-state index contributed by atoms with van der Waals surface area (Å²) in [5.41, 5.74) is 7.02. The predicted molar refractivity (Wildman–Crippen MR) is 195 cm³/mol. The van der Waals surface area contributed by atoms with Crippen molar-refractivity contribution in [3.05, 3.63) is 182 Å². The van der Waals surface area contributed by atoms with Gasteiger partial charge in [-0.3, -0.25) is 4.90 Å². The first-order chi connectivity index (χ1) is 24.0. The molecular formula is C44H29F3N2. The van der Waals surface area contributed by atoms with E-state index in [-0.39, 0.29) is 5.82 Å². The van der Waals surface area contributed by atoms with Crippen molar-refractivity contribution in [2.45, 2.75) is 6.18 Å². The van der Waals surface area contributed by atoms with Gasteiger partial charge in [0.05, 0.1) is 5.69 Å². The van der Waals surface area contributed by atoms with E-state index >= 15 is 0 Å². The number of rotatable bonds is 6. The van der Waals surface area contributed by atoms with Crippen molar-refractivity contribution in [1.82, 2.24) is 4.98 Å². The van der Waals surface area contributed by atoms with Crippen molar-refractivity contribution in [2.24, 2.45) is 0 Å².